The van der Waals surface area contributed by atoms with E-state index in [-0.39, 0.29) is 12.5 Å². The zero-order valence-corrected chi connectivity index (χ0v) is 11.1. The van der Waals surface area contributed by atoms with Crippen LogP contribution in [0.2, 0.25) is 0 Å². The number of nitriles is 1. The summed E-state index contributed by atoms with van der Waals surface area (Å²) in [6, 6.07) is 9.53. The van der Waals surface area contributed by atoms with Gasteiger partial charge in [-0.2, -0.15) is 5.26 Å². The number of ether oxygens (including phenoxy) is 1. The SMILES string of the molecule is CCN(CCOc1ccc(CC#N)cc1)CC(N)=O. The topological polar surface area (TPSA) is 79.3 Å². The molecule has 0 aliphatic heterocycles. The molecule has 0 saturated heterocycles. The molecule has 102 valence electrons. The number of amides is 1. The van der Waals surface area contributed by atoms with E-state index in [1.54, 1.807) is 0 Å². The fraction of sp³-hybridized carbons (Fsp3) is 0.429. The van der Waals surface area contributed by atoms with Crippen molar-refractivity contribution in [2.75, 3.05) is 26.2 Å². The largest absolute Gasteiger partial charge is 0.492 e. The molecule has 5 nitrogen and oxygen atoms in total. The molecule has 0 radical (unpaired) electrons. The van der Waals surface area contributed by atoms with E-state index in [0.29, 0.717) is 19.6 Å². The Morgan fingerprint density at radius 1 is 1.42 bits per heavy atom. The average molecular weight is 261 g/mol. The first-order valence-corrected chi connectivity index (χ1v) is 6.25. The van der Waals surface area contributed by atoms with Gasteiger partial charge in [0.1, 0.15) is 12.4 Å². The third-order valence-corrected chi connectivity index (χ3v) is 2.71. The smallest absolute Gasteiger partial charge is 0.231 e. The van der Waals surface area contributed by atoms with Gasteiger partial charge in [0.25, 0.3) is 0 Å². The molecule has 1 rings (SSSR count). The van der Waals surface area contributed by atoms with E-state index in [0.717, 1.165) is 17.9 Å². The predicted octanol–water partition coefficient (Wildman–Crippen LogP) is 0.939. The monoisotopic (exact) mass is 261 g/mol. The van der Waals surface area contributed by atoms with Crippen molar-refractivity contribution in [2.24, 2.45) is 5.73 Å². The van der Waals surface area contributed by atoms with Crippen LogP contribution in [0.4, 0.5) is 0 Å². The van der Waals surface area contributed by atoms with Crippen LogP contribution in [0.1, 0.15) is 12.5 Å². The van der Waals surface area contributed by atoms with E-state index >= 15 is 0 Å². The van der Waals surface area contributed by atoms with Crippen molar-refractivity contribution < 1.29 is 9.53 Å². The molecule has 5 heteroatoms. The standard InChI is InChI=1S/C14H19N3O2/c1-2-17(11-14(16)18)9-10-19-13-5-3-12(4-6-13)7-8-15/h3-6H,2,7,9-11H2,1H3,(H2,16,18). The quantitative estimate of drug-likeness (QED) is 0.755. The van der Waals surface area contributed by atoms with Gasteiger partial charge in [-0.25, -0.2) is 0 Å². The molecule has 0 atom stereocenters. The second-order valence-corrected chi connectivity index (χ2v) is 4.16. The van der Waals surface area contributed by atoms with Crippen LogP contribution in [0.15, 0.2) is 24.3 Å². The number of primary amides is 1. The summed E-state index contributed by atoms with van der Waals surface area (Å²) in [6.07, 6.45) is 0.405. The highest BCUT2D eigenvalue weighted by Crippen LogP contribution is 2.12. The molecule has 0 aliphatic rings. The van der Waals surface area contributed by atoms with E-state index in [2.05, 4.69) is 6.07 Å². The van der Waals surface area contributed by atoms with Gasteiger partial charge < -0.3 is 10.5 Å². The van der Waals surface area contributed by atoms with Gasteiger partial charge >= 0.3 is 0 Å². The highest BCUT2D eigenvalue weighted by molar-refractivity contribution is 5.75. The van der Waals surface area contributed by atoms with E-state index < -0.39 is 0 Å². The molecule has 0 heterocycles. The second kappa shape index (κ2) is 8.11. The lowest BCUT2D eigenvalue weighted by molar-refractivity contribution is -0.119. The summed E-state index contributed by atoms with van der Waals surface area (Å²) in [6.45, 7) is 4.13. The Kier molecular flexibility index (Phi) is 6.41. The number of benzene rings is 1. The first kappa shape index (κ1) is 15.0. The van der Waals surface area contributed by atoms with Crippen LogP contribution < -0.4 is 10.5 Å². The summed E-state index contributed by atoms with van der Waals surface area (Å²) in [7, 11) is 0. The van der Waals surface area contributed by atoms with Gasteiger partial charge in [0.15, 0.2) is 0 Å². The van der Waals surface area contributed by atoms with Gasteiger partial charge in [-0.1, -0.05) is 19.1 Å². The maximum atomic E-state index is 10.8. The van der Waals surface area contributed by atoms with Crippen LogP contribution in [-0.2, 0) is 11.2 Å². The van der Waals surface area contributed by atoms with Crippen LogP contribution in [0.5, 0.6) is 5.75 Å². The lowest BCUT2D eigenvalue weighted by atomic mass is 10.2. The first-order chi connectivity index (χ1) is 9.15. The zero-order chi connectivity index (χ0) is 14.1. The number of nitrogens with two attached hydrogens (primary N) is 1. The van der Waals surface area contributed by atoms with Crippen LogP contribution in [0, 0.1) is 11.3 Å². The molecule has 0 unspecified atom stereocenters. The van der Waals surface area contributed by atoms with Gasteiger partial charge in [-0.15, -0.1) is 0 Å². The number of nitrogens with zero attached hydrogens (tertiary/aromatic N) is 2. The summed E-state index contributed by atoms with van der Waals surface area (Å²) in [4.78, 5) is 12.7. The van der Waals surface area contributed by atoms with Crippen molar-refractivity contribution in [3.63, 3.8) is 0 Å². The van der Waals surface area contributed by atoms with Crippen molar-refractivity contribution >= 4 is 5.91 Å². The van der Waals surface area contributed by atoms with Crippen LogP contribution in [0.25, 0.3) is 0 Å². The third-order valence-electron chi connectivity index (χ3n) is 2.71. The van der Waals surface area contributed by atoms with Gasteiger partial charge in [0, 0.05) is 6.54 Å². The van der Waals surface area contributed by atoms with E-state index in [1.807, 2.05) is 36.1 Å². The predicted molar refractivity (Wildman–Crippen MR) is 72.6 cm³/mol. The van der Waals surface area contributed by atoms with Gasteiger partial charge in [0.05, 0.1) is 19.0 Å². The Morgan fingerprint density at radius 3 is 2.63 bits per heavy atom. The first-order valence-electron chi connectivity index (χ1n) is 6.25. The normalized spacial score (nSPS) is 10.2. The van der Waals surface area contributed by atoms with Gasteiger partial charge in [0.2, 0.25) is 5.91 Å². The summed E-state index contributed by atoms with van der Waals surface area (Å²) in [5, 5.41) is 8.57. The molecule has 0 aliphatic carbocycles. The lowest BCUT2D eigenvalue weighted by Crippen LogP contribution is -2.36. The Bertz CT molecular complexity index is 437. The number of carbonyl (C=O) groups excluding carboxylic acids is 1. The molecule has 1 amide bonds. The number of rotatable bonds is 8. The van der Waals surface area contributed by atoms with E-state index in [1.165, 1.54) is 0 Å². The minimum absolute atomic E-state index is 0.251. The lowest BCUT2D eigenvalue weighted by Gasteiger charge is -2.18. The Morgan fingerprint density at radius 2 is 2.11 bits per heavy atom. The molecule has 1 aromatic carbocycles. The van der Waals surface area contributed by atoms with Crippen molar-refractivity contribution in [3.8, 4) is 11.8 Å². The number of carbonyl (C=O) groups is 1. The van der Waals surface area contributed by atoms with Gasteiger partial charge in [-0.05, 0) is 24.2 Å². The van der Waals surface area contributed by atoms with Crippen molar-refractivity contribution in [1.82, 2.24) is 4.90 Å². The molecule has 19 heavy (non-hydrogen) atoms. The number of hydrogen-bond donors (Lipinski definition) is 1. The molecular formula is C14H19N3O2. The van der Waals surface area contributed by atoms with Crippen LogP contribution in [0.3, 0.4) is 0 Å². The van der Waals surface area contributed by atoms with E-state index in [9.17, 15) is 4.79 Å². The zero-order valence-electron chi connectivity index (χ0n) is 11.1. The molecule has 0 fully saturated rings. The summed E-state index contributed by atoms with van der Waals surface area (Å²) < 4.78 is 5.58. The Hall–Kier alpha value is -2.06. The Balaban J connectivity index is 2.36. The molecule has 0 saturated carbocycles. The molecule has 0 bridgehead atoms. The van der Waals surface area contributed by atoms with Crippen LogP contribution >= 0.6 is 0 Å². The Labute approximate surface area is 113 Å². The van der Waals surface area contributed by atoms with Crippen molar-refractivity contribution in [1.29, 1.82) is 5.26 Å². The molecule has 1 aromatic rings. The molecule has 0 aromatic heterocycles. The van der Waals surface area contributed by atoms with Crippen LogP contribution in [-0.4, -0.2) is 37.0 Å². The number of likely N-dealkylation sites (N-methyl/N-ethyl adjacent to an activating group) is 1. The minimum Gasteiger partial charge on any atom is -0.492 e. The maximum absolute atomic E-state index is 10.8. The summed E-state index contributed by atoms with van der Waals surface area (Å²) in [5.74, 6) is 0.430. The summed E-state index contributed by atoms with van der Waals surface area (Å²) >= 11 is 0. The van der Waals surface area contributed by atoms with E-state index in [4.69, 9.17) is 15.7 Å². The van der Waals surface area contributed by atoms with Crippen molar-refractivity contribution in [2.45, 2.75) is 13.3 Å². The number of hydrogen-bond acceptors (Lipinski definition) is 4. The third kappa shape index (κ3) is 5.89. The average Bonchev–Trinajstić information content (AvgIpc) is 2.39. The fourth-order valence-corrected chi connectivity index (χ4v) is 1.66. The highest BCUT2D eigenvalue weighted by atomic mass is 16.5. The van der Waals surface area contributed by atoms with Gasteiger partial charge in [-0.3, -0.25) is 9.69 Å². The molecule has 2 N–H and O–H groups in total. The summed E-state index contributed by atoms with van der Waals surface area (Å²) in [5.41, 5.74) is 6.12. The fourth-order valence-electron chi connectivity index (χ4n) is 1.66. The second-order valence-electron chi connectivity index (χ2n) is 4.16. The maximum Gasteiger partial charge on any atom is 0.231 e. The highest BCUT2D eigenvalue weighted by Gasteiger charge is 2.05. The molecular weight excluding hydrogens is 242 g/mol. The van der Waals surface area contributed by atoms with Crippen molar-refractivity contribution in [3.05, 3.63) is 29.8 Å². The molecule has 0 spiro atoms. The minimum atomic E-state index is -0.331.